The standard InChI is InChI=1S/C25H18N3O3/c26-24(29)17-5-1-4-15(12-17)14-28-20-7-2-6-19(25(27)30)23(20)18-10-9-16(13-21(18)28)22-8-3-11-31-22/h1-9,11-13H,14H2,(H2,26,29)(H2,27,30). The summed E-state index contributed by atoms with van der Waals surface area (Å²) in [4.78, 5) is 23.8. The van der Waals surface area contributed by atoms with E-state index < -0.39 is 11.8 Å². The molecular formula is C25H18N3O3. The Morgan fingerprint density at radius 1 is 0.935 bits per heavy atom. The third-order valence-electron chi connectivity index (χ3n) is 5.42. The molecule has 0 aliphatic heterocycles. The highest BCUT2D eigenvalue weighted by atomic mass is 16.3. The first-order valence-corrected chi connectivity index (χ1v) is 9.72. The van der Waals surface area contributed by atoms with E-state index in [0.29, 0.717) is 17.7 Å². The van der Waals surface area contributed by atoms with E-state index in [9.17, 15) is 9.59 Å². The molecule has 6 heteroatoms. The fraction of sp³-hybridized carbons (Fsp3) is 0.0400. The molecule has 4 N–H and O–H groups in total. The minimum atomic E-state index is -0.496. The van der Waals surface area contributed by atoms with Gasteiger partial charge in [-0.1, -0.05) is 18.2 Å². The van der Waals surface area contributed by atoms with Gasteiger partial charge in [0.15, 0.2) is 0 Å². The monoisotopic (exact) mass is 408 g/mol. The molecule has 2 amide bonds. The molecule has 5 rings (SSSR count). The van der Waals surface area contributed by atoms with Crippen LogP contribution < -0.4 is 11.5 Å². The molecule has 0 aliphatic rings. The van der Waals surface area contributed by atoms with Gasteiger partial charge in [-0.2, -0.15) is 0 Å². The van der Waals surface area contributed by atoms with Crippen LogP contribution in [0.5, 0.6) is 0 Å². The third kappa shape index (κ3) is 3.14. The number of primary amides is 2. The van der Waals surface area contributed by atoms with Crippen LogP contribution in [0.25, 0.3) is 33.1 Å². The highest BCUT2D eigenvalue weighted by Gasteiger charge is 2.18. The number of hydrogen-bond acceptors (Lipinski definition) is 3. The fourth-order valence-electron chi connectivity index (χ4n) is 4.02. The molecular weight excluding hydrogens is 390 g/mol. The van der Waals surface area contributed by atoms with E-state index in [4.69, 9.17) is 15.9 Å². The summed E-state index contributed by atoms with van der Waals surface area (Å²) < 4.78 is 7.63. The molecule has 2 heterocycles. The van der Waals surface area contributed by atoms with Crippen molar-refractivity contribution in [2.75, 3.05) is 0 Å². The zero-order chi connectivity index (χ0) is 21.5. The number of nitrogens with zero attached hydrogens (tertiary/aromatic N) is 1. The Morgan fingerprint density at radius 3 is 2.52 bits per heavy atom. The van der Waals surface area contributed by atoms with E-state index in [-0.39, 0.29) is 0 Å². The van der Waals surface area contributed by atoms with Crippen LogP contribution in [-0.2, 0) is 6.54 Å². The van der Waals surface area contributed by atoms with Gasteiger partial charge < -0.3 is 20.5 Å². The predicted molar refractivity (Wildman–Crippen MR) is 119 cm³/mol. The van der Waals surface area contributed by atoms with Crippen LogP contribution in [0.1, 0.15) is 26.3 Å². The Kier molecular flexibility index (Phi) is 4.33. The van der Waals surface area contributed by atoms with Crippen molar-refractivity contribution in [1.29, 1.82) is 0 Å². The van der Waals surface area contributed by atoms with Crippen molar-refractivity contribution >= 4 is 33.6 Å². The first kappa shape index (κ1) is 18.7. The Balaban J connectivity index is 1.79. The van der Waals surface area contributed by atoms with Gasteiger partial charge in [0.05, 0.1) is 17.3 Å². The number of benzene rings is 3. The van der Waals surface area contributed by atoms with Crippen molar-refractivity contribution in [3.05, 3.63) is 95.7 Å². The molecule has 0 unspecified atom stereocenters. The average molecular weight is 408 g/mol. The normalized spacial score (nSPS) is 11.2. The van der Waals surface area contributed by atoms with Crippen molar-refractivity contribution in [3.8, 4) is 11.3 Å². The highest BCUT2D eigenvalue weighted by molar-refractivity contribution is 6.18. The van der Waals surface area contributed by atoms with Crippen LogP contribution in [0.15, 0.2) is 77.4 Å². The summed E-state index contributed by atoms with van der Waals surface area (Å²) in [5.74, 6) is -0.252. The lowest BCUT2D eigenvalue weighted by molar-refractivity contribution is 0.0992. The fourth-order valence-corrected chi connectivity index (χ4v) is 4.02. The maximum absolute atomic E-state index is 12.1. The largest absolute Gasteiger partial charge is 0.464 e. The molecule has 6 nitrogen and oxygen atoms in total. The number of rotatable bonds is 5. The molecule has 0 aliphatic carbocycles. The van der Waals surface area contributed by atoms with Crippen molar-refractivity contribution in [2.24, 2.45) is 11.5 Å². The molecule has 5 aromatic rings. The minimum Gasteiger partial charge on any atom is -0.464 e. The second kappa shape index (κ2) is 7.18. The number of hydrogen-bond donors (Lipinski definition) is 2. The molecule has 0 spiro atoms. The summed E-state index contributed by atoms with van der Waals surface area (Å²) in [6.07, 6.45) is 1.62. The van der Waals surface area contributed by atoms with Gasteiger partial charge in [0.25, 0.3) is 0 Å². The number of furan rings is 1. The molecule has 1 radical (unpaired) electrons. The Morgan fingerprint density at radius 2 is 1.77 bits per heavy atom. The summed E-state index contributed by atoms with van der Waals surface area (Å²) in [5.41, 5.74) is 15.5. The van der Waals surface area contributed by atoms with Gasteiger partial charge in [-0.25, -0.2) is 0 Å². The van der Waals surface area contributed by atoms with E-state index in [1.165, 1.54) is 0 Å². The molecule has 2 aromatic heterocycles. The number of aromatic nitrogens is 1. The van der Waals surface area contributed by atoms with Crippen molar-refractivity contribution in [3.63, 3.8) is 0 Å². The van der Waals surface area contributed by atoms with Gasteiger partial charge in [-0.05, 0) is 60.2 Å². The highest BCUT2D eigenvalue weighted by Crippen LogP contribution is 2.34. The van der Waals surface area contributed by atoms with Crippen molar-refractivity contribution in [2.45, 2.75) is 6.54 Å². The van der Waals surface area contributed by atoms with Crippen LogP contribution in [0.3, 0.4) is 0 Å². The maximum Gasteiger partial charge on any atom is 0.249 e. The summed E-state index contributed by atoms with van der Waals surface area (Å²) in [6, 6.07) is 23.6. The van der Waals surface area contributed by atoms with Gasteiger partial charge in [-0.3, -0.25) is 9.59 Å². The summed E-state index contributed by atoms with van der Waals surface area (Å²) in [7, 11) is 0. The van der Waals surface area contributed by atoms with Crippen LogP contribution in [0.4, 0.5) is 0 Å². The first-order chi connectivity index (χ1) is 15.0. The van der Waals surface area contributed by atoms with Gasteiger partial charge >= 0.3 is 0 Å². The molecule has 3 aromatic carbocycles. The van der Waals surface area contributed by atoms with E-state index >= 15 is 0 Å². The first-order valence-electron chi connectivity index (χ1n) is 9.72. The number of carbonyl (C=O) groups is 2. The van der Waals surface area contributed by atoms with E-state index in [1.54, 1.807) is 30.5 Å². The van der Waals surface area contributed by atoms with E-state index in [2.05, 4.69) is 10.6 Å². The number of carbonyl (C=O) groups excluding carboxylic acids is 2. The van der Waals surface area contributed by atoms with Gasteiger partial charge in [0.2, 0.25) is 11.8 Å². The van der Waals surface area contributed by atoms with Gasteiger partial charge in [0.1, 0.15) is 5.76 Å². The van der Waals surface area contributed by atoms with Crippen LogP contribution in [-0.4, -0.2) is 16.4 Å². The lowest BCUT2D eigenvalue weighted by Crippen LogP contribution is -2.12. The maximum atomic E-state index is 12.1. The predicted octanol–water partition coefficient (Wildman–Crippen LogP) is 4.10. The number of fused-ring (bicyclic) bond motifs is 3. The molecule has 0 bridgehead atoms. The topological polar surface area (TPSA) is 104 Å². The van der Waals surface area contributed by atoms with E-state index in [0.717, 1.165) is 38.7 Å². The quantitative estimate of drug-likeness (QED) is 0.457. The minimum absolute atomic E-state index is 0.439. The molecule has 0 saturated heterocycles. The number of amides is 2. The lowest BCUT2D eigenvalue weighted by atomic mass is 10.0. The second-order valence-corrected chi connectivity index (χ2v) is 7.34. The average Bonchev–Trinajstić information content (AvgIpc) is 3.41. The lowest BCUT2D eigenvalue weighted by Gasteiger charge is -2.09. The summed E-state index contributed by atoms with van der Waals surface area (Å²) >= 11 is 0. The Labute approximate surface area is 177 Å². The van der Waals surface area contributed by atoms with Crippen LogP contribution in [0, 0.1) is 6.07 Å². The summed E-state index contributed by atoms with van der Waals surface area (Å²) in [6.45, 7) is 0.471. The van der Waals surface area contributed by atoms with Gasteiger partial charge in [-0.15, -0.1) is 0 Å². The van der Waals surface area contributed by atoms with Crippen molar-refractivity contribution in [1.82, 2.24) is 4.57 Å². The molecule has 0 atom stereocenters. The molecule has 31 heavy (non-hydrogen) atoms. The SMILES string of the molecule is NC(=O)c1cccc(Cn2c3cc(-c4ccco4)c[c]c3c3c(C(N)=O)cccc32)c1. The third-order valence-corrected chi connectivity index (χ3v) is 5.42. The Hall–Kier alpha value is -4.32. The van der Waals surface area contributed by atoms with Crippen molar-refractivity contribution < 1.29 is 14.0 Å². The smallest absolute Gasteiger partial charge is 0.249 e. The zero-order valence-electron chi connectivity index (χ0n) is 16.5. The molecule has 0 fully saturated rings. The van der Waals surface area contributed by atoms with E-state index in [1.807, 2.05) is 42.5 Å². The summed E-state index contributed by atoms with van der Waals surface area (Å²) in [5, 5.41) is 1.55. The number of nitrogens with two attached hydrogens (primary N) is 2. The molecule has 0 saturated carbocycles. The van der Waals surface area contributed by atoms with Crippen LogP contribution >= 0.6 is 0 Å². The molecule has 151 valence electrons. The van der Waals surface area contributed by atoms with Gasteiger partial charge in [0, 0.05) is 34.0 Å². The van der Waals surface area contributed by atoms with Crippen LogP contribution in [0.2, 0.25) is 0 Å². The Bertz CT molecular complexity index is 1460. The zero-order valence-corrected chi connectivity index (χ0v) is 16.5. The second-order valence-electron chi connectivity index (χ2n) is 7.34.